The lowest BCUT2D eigenvalue weighted by Gasteiger charge is -2.39. The van der Waals surface area contributed by atoms with E-state index in [1.165, 1.54) is 25.1 Å². The maximum atomic E-state index is 12.7. The summed E-state index contributed by atoms with van der Waals surface area (Å²) in [6.07, 6.45) is 4.05. The SMILES string of the molecule is COC1CN(c2cc(-c3cnc(N)c(OC(F)F)c3)nc(N3CC4CC3C4)n2)C1. The van der Waals surface area contributed by atoms with Gasteiger partial charge in [-0.1, -0.05) is 0 Å². The number of rotatable bonds is 6. The Morgan fingerprint density at radius 1 is 1.17 bits per heavy atom. The Kier molecular flexibility index (Phi) is 4.38. The molecule has 2 aromatic heterocycles. The molecule has 0 atom stereocenters. The van der Waals surface area contributed by atoms with Crippen LogP contribution in [0.5, 0.6) is 5.75 Å². The molecule has 2 bridgehead atoms. The van der Waals surface area contributed by atoms with Gasteiger partial charge >= 0.3 is 6.61 Å². The minimum absolute atomic E-state index is 0.0883. The Balaban J connectivity index is 1.51. The number of fused-ring (bicyclic) bond motifs is 1. The van der Waals surface area contributed by atoms with Crippen LogP contribution in [0.25, 0.3) is 11.3 Å². The van der Waals surface area contributed by atoms with Gasteiger partial charge in [0, 0.05) is 50.6 Å². The number of ether oxygens (including phenoxy) is 2. The molecule has 8 nitrogen and oxygen atoms in total. The third-order valence-electron chi connectivity index (χ3n) is 5.96. The van der Waals surface area contributed by atoms with Gasteiger partial charge in [0.2, 0.25) is 5.95 Å². The highest BCUT2D eigenvalue weighted by atomic mass is 19.3. The van der Waals surface area contributed by atoms with Crippen LogP contribution in [-0.4, -0.2) is 60.5 Å². The number of nitrogens with zero attached hydrogens (tertiary/aromatic N) is 5. The number of anilines is 3. The molecule has 1 aliphatic carbocycles. The fourth-order valence-electron chi connectivity index (χ4n) is 4.20. The Morgan fingerprint density at radius 2 is 1.97 bits per heavy atom. The number of nitrogens with two attached hydrogens (primary N) is 1. The molecule has 3 saturated heterocycles. The van der Waals surface area contributed by atoms with Crippen LogP contribution < -0.4 is 20.3 Å². The van der Waals surface area contributed by atoms with Crippen LogP contribution in [0.2, 0.25) is 0 Å². The molecular formula is C19H22F2N6O2. The minimum Gasteiger partial charge on any atom is -0.431 e. The summed E-state index contributed by atoms with van der Waals surface area (Å²) < 4.78 is 35.2. The summed E-state index contributed by atoms with van der Waals surface area (Å²) in [6, 6.07) is 3.77. The monoisotopic (exact) mass is 404 g/mol. The third kappa shape index (κ3) is 3.31. The molecule has 6 rings (SSSR count). The standard InChI is InChI=1S/C19H22F2N6O2/c1-28-13-8-26(9-13)16-5-14(11-4-15(29-18(20)21)17(22)23-6-11)24-19(25-16)27-7-10-2-12(27)3-10/h4-6,10,12-13,18H,2-3,7-9H2,1H3,(H2,22,23). The lowest BCUT2D eigenvalue weighted by atomic mass is 9.86. The normalized spacial score (nSPS) is 23.3. The summed E-state index contributed by atoms with van der Waals surface area (Å²) >= 11 is 0. The highest BCUT2D eigenvalue weighted by Gasteiger charge is 2.44. The summed E-state index contributed by atoms with van der Waals surface area (Å²) in [7, 11) is 1.70. The van der Waals surface area contributed by atoms with Crippen LogP contribution >= 0.6 is 0 Å². The van der Waals surface area contributed by atoms with Crippen molar-refractivity contribution >= 4 is 17.6 Å². The van der Waals surface area contributed by atoms with Crippen LogP contribution in [0.3, 0.4) is 0 Å². The maximum absolute atomic E-state index is 12.7. The number of halogens is 2. The maximum Gasteiger partial charge on any atom is 0.387 e. The second-order valence-electron chi connectivity index (χ2n) is 7.80. The molecule has 2 N–H and O–H groups in total. The third-order valence-corrected chi connectivity index (χ3v) is 5.96. The van der Waals surface area contributed by atoms with Gasteiger partial charge in [-0.2, -0.15) is 13.8 Å². The van der Waals surface area contributed by atoms with Crippen molar-refractivity contribution in [2.75, 3.05) is 42.3 Å². The zero-order valence-electron chi connectivity index (χ0n) is 16.0. The van der Waals surface area contributed by atoms with Gasteiger partial charge in [-0.25, -0.2) is 9.97 Å². The molecule has 5 heterocycles. The molecule has 1 saturated carbocycles. The van der Waals surface area contributed by atoms with Gasteiger partial charge in [0.05, 0.1) is 11.8 Å². The topological polar surface area (TPSA) is 89.6 Å². The molecule has 0 radical (unpaired) electrons. The minimum atomic E-state index is -2.98. The second kappa shape index (κ2) is 6.94. The van der Waals surface area contributed by atoms with E-state index in [0.717, 1.165) is 25.5 Å². The lowest BCUT2D eigenvalue weighted by molar-refractivity contribution is -0.0494. The molecule has 2 aromatic rings. The van der Waals surface area contributed by atoms with Gasteiger partial charge in [-0.05, 0) is 24.8 Å². The molecule has 0 unspecified atom stereocenters. The first kappa shape index (κ1) is 18.3. The quantitative estimate of drug-likeness (QED) is 0.784. The molecule has 4 aliphatic rings. The van der Waals surface area contributed by atoms with Gasteiger partial charge in [0.1, 0.15) is 5.82 Å². The van der Waals surface area contributed by atoms with E-state index in [4.69, 9.17) is 20.4 Å². The highest BCUT2D eigenvalue weighted by Crippen LogP contribution is 2.43. The van der Waals surface area contributed by atoms with Gasteiger partial charge in [-0.3, -0.25) is 0 Å². The number of hydrogen-bond acceptors (Lipinski definition) is 8. The number of methoxy groups -OCH3 is 1. The highest BCUT2D eigenvalue weighted by molar-refractivity contribution is 5.68. The van der Waals surface area contributed by atoms with Gasteiger partial charge in [-0.15, -0.1) is 0 Å². The number of nitrogen functional groups attached to an aromatic ring is 1. The largest absolute Gasteiger partial charge is 0.431 e. The van der Waals surface area contributed by atoms with Crippen molar-refractivity contribution in [2.24, 2.45) is 5.92 Å². The Hall–Kier alpha value is -2.75. The Bertz CT molecular complexity index is 918. The van der Waals surface area contributed by atoms with Crippen LogP contribution in [0, 0.1) is 5.92 Å². The van der Waals surface area contributed by atoms with Crippen molar-refractivity contribution in [3.63, 3.8) is 0 Å². The van der Waals surface area contributed by atoms with E-state index in [2.05, 4.69) is 19.5 Å². The molecule has 154 valence electrons. The zero-order chi connectivity index (χ0) is 20.1. The first-order valence-electron chi connectivity index (χ1n) is 9.64. The van der Waals surface area contributed by atoms with E-state index < -0.39 is 6.61 Å². The van der Waals surface area contributed by atoms with Crippen molar-refractivity contribution in [3.05, 3.63) is 18.3 Å². The predicted octanol–water partition coefficient (Wildman–Crippen LogP) is 2.16. The number of pyridine rings is 1. The fourth-order valence-corrected chi connectivity index (χ4v) is 4.20. The molecule has 0 aromatic carbocycles. The average Bonchev–Trinajstić information content (AvgIpc) is 3.23. The van der Waals surface area contributed by atoms with E-state index >= 15 is 0 Å². The predicted molar refractivity (Wildman–Crippen MR) is 103 cm³/mol. The van der Waals surface area contributed by atoms with Crippen molar-refractivity contribution in [3.8, 4) is 17.0 Å². The van der Waals surface area contributed by atoms with Crippen molar-refractivity contribution < 1.29 is 18.3 Å². The molecule has 0 spiro atoms. The van der Waals surface area contributed by atoms with Crippen molar-refractivity contribution in [1.29, 1.82) is 0 Å². The van der Waals surface area contributed by atoms with Crippen LogP contribution in [0.15, 0.2) is 18.3 Å². The Morgan fingerprint density at radius 3 is 2.62 bits per heavy atom. The zero-order valence-corrected chi connectivity index (χ0v) is 16.0. The van der Waals surface area contributed by atoms with E-state index in [9.17, 15) is 8.78 Å². The smallest absolute Gasteiger partial charge is 0.387 e. The second-order valence-corrected chi connectivity index (χ2v) is 7.80. The average molecular weight is 404 g/mol. The first-order valence-corrected chi connectivity index (χ1v) is 9.64. The first-order chi connectivity index (χ1) is 14.0. The van der Waals surface area contributed by atoms with Crippen LogP contribution in [0.1, 0.15) is 12.8 Å². The summed E-state index contributed by atoms with van der Waals surface area (Å²) in [4.78, 5) is 17.9. The Labute approximate surface area is 166 Å². The number of aromatic nitrogens is 3. The van der Waals surface area contributed by atoms with Crippen LogP contribution in [-0.2, 0) is 4.74 Å². The molecule has 29 heavy (non-hydrogen) atoms. The van der Waals surface area contributed by atoms with Crippen LogP contribution in [0.4, 0.5) is 26.4 Å². The van der Waals surface area contributed by atoms with Gasteiger partial charge in [0.25, 0.3) is 0 Å². The molecular weight excluding hydrogens is 382 g/mol. The molecule has 4 fully saturated rings. The van der Waals surface area contributed by atoms with Gasteiger partial charge < -0.3 is 25.0 Å². The van der Waals surface area contributed by atoms with Gasteiger partial charge in [0.15, 0.2) is 11.6 Å². The lowest BCUT2D eigenvalue weighted by Crippen LogP contribution is -2.52. The van der Waals surface area contributed by atoms with Crippen molar-refractivity contribution in [1.82, 2.24) is 15.0 Å². The summed E-state index contributed by atoms with van der Waals surface area (Å²) in [5, 5.41) is 0. The fraction of sp³-hybridized carbons (Fsp3) is 0.526. The number of hydrogen-bond donors (Lipinski definition) is 1. The van der Waals surface area contributed by atoms with E-state index in [0.29, 0.717) is 29.2 Å². The number of alkyl halides is 2. The summed E-state index contributed by atoms with van der Waals surface area (Å²) in [6.45, 7) is -0.529. The molecule has 3 aliphatic heterocycles. The van der Waals surface area contributed by atoms with E-state index in [1.807, 2.05) is 6.07 Å². The summed E-state index contributed by atoms with van der Waals surface area (Å²) in [5.41, 5.74) is 6.83. The van der Waals surface area contributed by atoms with E-state index in [-0.39, 0.29) is 17.7 Å². The summed E-state index contributed by atoms with van der Waals surface area (Å²) in [5.74, 6) is 1.91. The van der Waals surface area contributed by atoms with E-state index in [1.54, 1.807) is 7.11 Å². The molecule has 0 amide bonds. The molecule has 10 heteroatoms. The van der Waals surface area contributed by atoms with Crippen molar-refractivity contribution in [2.45, 2.75) is 31.6 Å².